The minimum absolute atomic E-state index is 0.125. The largest absolute Gasteiger partial charge is 0.298 e. The van der Waals surface area contributed by atoms with Crippen LogP contribution in [0.15, 0.2) is 39.3 Å². The summed E-state index contributed by atoms with van der Waals surface area (Å²) in [5, 5.41) is 11.1. The SMILES string of the molecule is O=C1c2ccccc2-c2cc(Br)c([N+](=O)[O-])c(Br)c21. The van der Waals surface area contributed by atoms with Crippen LogP contribution in [0.1, 0.15) is 15.9 Å². The summed E-state index contributed by atoms with van der Waals surface area (Å²) in [5.41, 5.74) is 2.32. The molecule has 0 spiro atoms. The molecule has 0 atom stereocenters. The number of hydrogen-bond donors (Lipinski definition) is 0. The fourth-order valence-electron chi connectivity index (χ4n) is 2.26. The zero-order valence-electron chi connectivity index (χ0n) is 9.31. The van der Waals surface area contributed by atoms with Gasteiger partial charge in [0.05, 0.1) is 15.0 Å². The highest BCUT2D eigenvalue weighted by Gasteiger charge is 2.34. The minimum Gasteiger partial charge on any atom is -0.289 e. The Kier molecular flexibility index (Phi) is 2.79. The molecule has 0 saturated carbocycles. The number of ketones is 1. The van der Waals surface area contributed by atoms with E-state index in [0.29, 0.717) is 21.2 Å². The minimum atomic E-state index is -0.509. The van der Waals surface area contributed by atoms with Crippen LogP contribution in [0.25, 0.3) is 11.1 Å². The van der Waals surface area contributed by atoms with Crippen LogP contribution in [-0.2, 0) is 0 Å². The molecule has 19 heavy (non-hydrogen) atoms. The van der Waals surface area contributed by atoms with E-state index in [2.05, 4.69) is 31.9 Å². The Morgan fingerprint density at radius 2 is 1.68 bits per heavy atom. The molecule has 0 radical (unpaired) electrons. The van der Waals surface area contributed by atoms with Crippen molar-refractivity contribution in [3.63, 3.8) is 0 Å². The molecule has 2 aromatic carbocycles. The predicted octanol–water partition coefficient (Wildman–Crippen LogP) is 4.33. The highest BCUT2D eigenvalue weighted by Crippen LogP contribution is 2.46. The van der Waals surface area contributed by atoms with E-state index in [1.165, 1.54) is 0 Å². The molecule has 94 valence electrons. The number of rotatable bonds is 1. The number of carbonyl (C=O) groups excluding carboxylic acids is 1. The van der Waals surface area contributed by atoms with Crippen LogP contribution in [-0.4, -0.2) is 10.7 Å². The molecule has 0 unspecified atom stereocenters. The highest BCUT2D eigenvalue weighted by molar-refractivity contribution is 9.11. The number of nitro groups is 1. The normalized spacial score (nSPS) is 12.2. The van der Waals surface area contributed by atoms with Crippen molar-refractivity contribution in [2.75, 3.05) is 0 Å². The summed E-state index contributed by atoms with van der Waals surface area (Å²) < 4.78 is 0.579. The van der Waals surface area contributed by atoms with Crippen molar-refractivity contribution in [1.29, 1.82) is 0 Å². The van der Waals surface area contributed by atoms with Crippen LogP contribution in [0.4, 0.5) is 5.69 Å². The Hall–Kier alpha value is -1.53. The lowest BCUT2D eigenvalue weighted by Gasteiger charge is -2.05. The van der Waals surface area contributed by atoms with Crippen molar-refractivity contribution in [3.05, 3.63) is 60.5 Å². The zero-order valence-corrected chi connectivity index (χ0v) is 12.5. The van der Waals surface area contributed by atoms with Gasteiger partial charge in [0.15, 0.2) is 5.78 Å². The number of halogens is 2. The molecule has 0 heterocycles. The Morgan fingerprint density at radius 3 is 2.32 bits per heavy atom. The van der Waals surface area contributed by atoms with Gasteiger partial charge in [-0.05, 0) is 49.1 Å². The molecule has 0 aromatic heterocycles. The van der Waals surface area contributed by atoms with Gasteiger partial charge in [0.1, 0.15) is 4.47 Å². The van der Waals surface area contributed by atoms with Gasteiger partial charge in [-0.3, -0.25) is 14.9 Å². The number of carbonyl (C=O) groups is 1. The Morgan fingerprint density at radius 1 is 1.05 bits per heavy atom. The van der Waals surface area contributed by atoms with Crippen molar-refractivity contribution in [2.24, 2.45) is 0 Å². The molecule has 1 aliphatic rings. The lowest BCUT2D eigenvalue weighted by molar-refractivity contribution is -0.386. The average molecular weight is 383 g/mol. The maximum atomic E-state index is 12.3. The second-order valence-corrected chi connectivity index (χ2v) is 5.72. The van der Waals surface area contributed by atoms with Gasteiger partial charge in [0.2, 0.25) is 0 Å². The second-order valence-electron chi connectivity index (χ2n) is 4.08. The number of fused-ring (bicyclic) bond motifs is 3. The Labute approximate surface area is 124 Å². The monoisotopic (exact) mass is 381 g/mol. The molecule has 6 heteroatoms. The van der Waals surface area contributed by atoms with E-state index in [9.17, 15) is 14.9 Å². The molecule has 0 saturated heterocycles. The van der Waals surface area contributed by atoms with Gasteiger partial charge in [-0.15, -0.1) is 0 Å². The Balaban J connectivity index is 2.41. The van der Waals surface area contributed by atoms with Crippen molar-refractivity contribution < 1.29 is 9.72 Å². The summed E-state index contributed by atoms with van der Waals surface area (Å²) >= 11 is 6.38. The third-order valence-electron chi connectivity index (χ3n) is 3.07. The Bertz CT molecular complexity index is 756. The average Bonchev–Trinajstić information content (AvgIpc) is 2.63. The summed E-state index contributed by atoms with van der Waals surface area (Å²) in [7, 11) is 0. The summed E-state index contributed by atoms with van der Waals surface area (Å²) in [6.45, 7) is 0. The van der Waals surface area contributed by atoms with Crippen LogP contribution < -0.4 is 0 Å². The van der Waals surface area contributed by atoms with E-state index >= 15 is 0 Å². The molecule has 3 rings (SSSR count). The van der Waals surface area contributed by atoms with E-state index in [1.807, 2.05) is 12.1 Å². The third-order valence-corrected chi connectivity index (χ3v) is 4.44. The van der Waals surface area contributed by atoms with Gasteiger partial charge < -0.3 is 0 Å². The lowest BCUT2D eigenvalue weighted by atomic mass is 10.1. The van der Waals surface area contributed by atoms with Gasteiger partial charge >= 0.3 is 0 Å². The quantitative estimate of drug-likeness (QED) is 0.464. The van der Waals surface area contributed by atoms with Gasteiger partial charge in [0.25, 0.3) is 5.69 Å². The predicted molar refractivity (Wildman–Crippen MR) is 77.4 cm³/mol. The first-order valence-electron chi connectivity index (χ1n) is 5.33. The third kappa shape index (κ3) is 1.67. The standard InChI is InChI=1S/C13H5Br2NO3/c14-9-5-8-6-3-1-2-4-7(6)13(17)10(8)11(15)12(9)16(18)19/h1-5H. The first-order valence-corrected chi connectivity index (χ1v) is 6.91. The van der Waals surface area contributed by atoms with Crippen LogP contribution in [0.3, 0.4) is 0 Å². The molecule has 0 N–H and O–H groups in total. The maximum Gasteiger partial charge on any atom is 0.298 e. The molecule has 0 bridgehead atoms. The molecular formula is C13H5Br2NO3. The van der Waals surface area contributed by atoms with Gasteiger partial charge in [-0.2, -0.15) is 0 Å². The van der Waals surface area contributed by atoms with Crippen LogP contribution in [0.2, 0.25) is 0 Å². The second kappa shape index (κ2) is 4.25. The van der Waals surface area contributed by atoms with Crippen molar-refractivity contribution in [2.45, 2.75) is 0 Å². The van der Waals surface area contributed by atoms with Crippen molar-refractivity contribution in [1.82, 2.24) is 0 Å². The molecular weight excluding hydrogens is 378 g/mol. The van der Waals surface area contributed by atoms with Gasteiger partial charge in [-0.25, -0.2) is 0 Å². The van der Waals surface area contributed by atoms with Gasteiger partial charge in [-0.1, -0.05) is 24.3 Å². The maximum absolute atomic E-state index is 12.3. The van der Waals surface area contributed by atoms with Crippen molar-refractivity contribution >= 4 is 43.3 Å². The van der Waals surface area contributed by atoms with Crippen LogP contribution in [0.5, 0.6) is 0 Å². The zero-order chi connectivity index (χ0) is 13.7. The number of benzene rings is 2. The number of hydrogen-bond acceptors (Lipinski definition) is 3. The fraction of sp³-hybridized carbons (Fsp3) is 0. The molecule has 0 amide bonds. The van der Waals surface area contributed by atoms with Crippen LogP contribution >= 0.6 is 31.9 Å². The molecule has 0 aliphatic heterocycles. The summed E-state index contributed by atoms with van der Waals surface area (Å²) in [4.78, 5) is 22.9. The first-order chi connectivity index (χ1) is 9.02. The van der Waals surface area contributed by atoms with E-state index in [-0.39, 0.29) is 15.9 Å². The fourth-order valence-corrected chi connectivity index (χ4v) is 3.85. The molecule has 0 fully saturated rings. The van der Waals surface area contributed by atoms with E-state index in [1.54, 1.807) is 18.2 Å². The van der Waals surface area contributed by atoms with E-state index in [4.69, 9.17) is 0 Å². The highest BCUT2D eigenvalue weighted by atomic mass is 79.9. The molecule has 2 aromatic rings. The first kappa shape index (κ1) is 12.5. The van der Waals surface area contributed by atoms with Crippen LogP contribution in [0, 0.1) is 10.1 Å². The van der Waals surface area contributed by atoms with E-state index in [0.717, 1.165) is 5.56 Å². The molecule has 4 nitrogen and oxygen atoms in total. The van der Waals surface area contributed by atoms with Crippen molar-refractivity contribution in [3.8, 4) is 11.1 Å². The summed E-state index contributed by atoms with van der Waals surface area (Å²) in [5.74, 6) is -0.187. The van der Waals surface area contributed by atoms with E-state index < -0.39 is 4.92 Å². The summed E-state index contributed by atoms with van der Waals surface area (Å²) in [6, 6.07) is 8.81. The smallest absolute Gasteiger partial charge is 0.289 e. The molecule has 1 aliphatic carbocycles. The lowest BCUT2D eigenvalue weighted by Crippen LogP contribution is -2.00. The summed E-state index contributed by atoms with van der Waals surface area (Å²) in [6.07, 6.45) is 0. The number of nitrogens with zero attached hydrogens (tertiary/aromatic N) is 1. The topological polar surface area (TPSA) is 60.2 Å². The number of nitro benzene ring substituents is 1. The van der Waals surface area contributed by atoms with Gasteiger partial charge in [0, 0.05) is 5.56 Å².